The molecule has 1 aromatic heterocycles. The van der Waals surface area contributed by atoms with Gasteiger partial charge in [-0.05, 0) is 17.8 Å². The van der Waals surface area contributed by atoms with Gasteiger partial charge in [-0.1, -0.05) is 11.8 Å². The molecule has 66 valence electrons. The normalized spacial score (nSPS) is 9.83. The van der Waals surface area contributed by atoms with E-state index in [1.54, 1.807) is 0 Å². The smallest absolute Gasteiger partial charge is 0.413 e. The zero-order chi connectivity index (χ0) is 9.14. The highest BCUT2D eigenvalue weighted by atomic mass is 32.2. The Labute approximate surface area is 77.6 Å². The molecule has 0 saturated heterocycles. The van der Waals surface area contributed by atoms with Gasteiger partial charge in [0.05, 0.1) is 0 Å². The third-order valence-electron chi connectivity index (χ3n) is 1.16. The van der Waals surface area contributed by atoms with Crippen LogP contribution in [0.25, 0.3) is 0 Å². The first-order valence-electron chi connectivity index (χ1n) is 2.99. The van der Waals surface area contributed by atoms with Gasteiger partial charge in [-0.25, -0.2) is 9.69 Å². The third kappa shape index (κ3) is 1.86. The minimum Gasteiger partial charge on any atom is -0.465 e. The van der Waals surface area contributed by atoms with Crippen LogP contribution in [0.4, 0.5) is 10.7 Å². The number of thioether (sulfide) groups is 1. The predicted molar refractivity (Wildman–Crippen MR) is 48.1 cm³/mol. The predicted octanol–water partition coefficient (Wildman–Crippen LogP) is 1.37. The first-order chi connectivity index (χ1) is 5.65. The molecule has 0 fully saturated rings. The molecule has 0 aliphatic rings. The van der Waals surface area contributed by atoms with Crippen molar-refractivity contribution in [3.8, 4) is 0 Å². The zero-order valence-electron chi connectivity index (χ0n) is 6.51. The molecule has 0 unspecified atom stereocenters. The first-order valence-corrected chi connectivity index (χ1v) is 4.99. The molecule has 0 bridgehead atoms. The van der Waals surface area contributed by atoms with Crippen LogP contribution in [0.2, 0.25) is 0 Å². The lowest BCUT2D eigenvalue weighted by molar-refractivity contribution is 0.203. The molecule has 12 heavy (non-hydrogen) atoms. The van der Waals surface area contributed by atoms with Crippen LogP contribution in [0.1, 0.15) is 0 Å². The van der Waals surface area contributed by atoms with Crippen LogP contribution < -0.4 is 4.90 Å². The lowest BCUT2D eigenvalue weighted by atomic mass is 10.8. The standard InChI is InChI=1S/C5H7N3O2S2/c1-8(5(9)10)3-6-4(11-2)12-7-3/h1-2H3,(H,9,10). The summed E-state index contributed by atoms with van der Waals surface area (Å²) in [5.41, 5.74) is 0. The van der Waals surface area contributed by atoms with Crippen molar-refractivity contribution in [1.82, 2.24) is 9.36 Å². The third-order valence-corrected chi connectivity index (χ3v) is 2.82. The number of hydrogen-bond acceptors (Lipinski definition) is 5. The van der Waals surface area contributed by atoms with Crippen LogP contribution in [-0.4, -0.2) is 33.9 Å². The first kappa shape index (κ1) is 9.27. The number of aromatic nitrogens is 2. The summed E-state index contributed by atoms with van der Waals surface area (Å²) in [6.07, 6.45) is 0.811. The van der Waals surface area contributed by atoms with Crippen LogP contribution >= 0.6 is 23.3 Å². The summed E-state index contributed by atoms with van der Waals surface area (Å²) in [4.78, 5) is 15.4. The van der Waals surface area contributed by atoms with Crippen molar-refractivity contribution in [3.63, 3.8) is 0 Å². The molecule has 7 heteroatoms. The summed E-state index contributed by atoms with van der Waals surface area (Å²) in [5, 5.41) is 8.56. The van der Waals surface area contributed by atoms with Gasteiger partial charge in [0.1, 0.15) is 0 Å². The van der Waals surface area contributed by atoms with Crippen LogP contribution in [0, 0.1) is 0 Å². The van der Waals surface area contributed by atoms with Gasteiger partial charge in [0.2, 0.25) is 5.95 Å². The van der Waals surface area contributed by atoms with Crippen LogP contribution in [0.5, 0.6) is 0 Å². The van der Waals surface area contributed by atoms with Crippen molar-refractivity contribution < 1.29 is 9.90 Å². The second-order valence-corrected chi connectivity index (χ2v) is 3.71. The van der Waals surface area contributed by atoms with Crippen molar-refractivity contribution in [3.05, 3.63) is 0 Å². The molecular weight excluding hydrogens is 198 g/mol. The van der Waals surface area contributed by atoms with E-state index in [4.69, 9.17) is 5.11 Å². The van der Waals surface area contributed by atoms with Crippen molar-refractivity contribution in [1.29, 1.82) is 0 Å². The van der Waals surface area contributed by atoms with Crippen molar-refractivity contribution in [2.75, 3.05) is 18.2 Å². The Morgan fingerprint density at radius 1 is 1.75 bits per heavy atom. The van der Waals surface area contributed by atoms with E-state index in [-0.39, 0.29) is 5.95 Å². The van der Waals surface area contributed by atoms with Gasteiger partial charge in [-0.2, -0.15) is 9.36 Å². The lowest BCUT2D eigenvalue weighted by Gasteiger charge is -2.05. The number of amides is 1. The Morgan fingerprint density at radius 2 is 2.42 bits per heavy atom. The van der Waals surface area contributed by atoms with Gasteiger partial charge in [0.25, 0.3) is 0 Å². The summed E-state index contributed by atoms with van der Waals surface area (Å²) in [5.74, 6) is 0.233. The van der Waals surface area contributed by atoms with Gasteiger partial charge in [-0.15, -0.1) is 0 Å². The molecular formula is C5H7N3O2S2. The van der Waals surface area contributed by atoms with E-state index < -0.39 is 6.09 Å². The molecule has 0 aromatic carbocycles. The molecule has 0 aliphatic carbocycles. The molecule has 0 aliphatic heterocycles. The van der Waals surface area contributed by atoms with Crippen molar-refractivity contribution in [2.45, 2.75) is 4.34 Å². The van der Waals surface area contributed by atoms with Crippen LogP contribution in [0.3, 0.4) is 0 Å². The average molecular weight is 205 g/mol. The Bertz CT molecular complexity index is 288. The maximum atomic E-state index is 10.4. The maximum absolute atomic E-state index is 10.4. The molecule has 0 atom stereocenters. The highest BCUT2D eigenvalue weighted by Crippen LogP contribution is 2.20. The molecule has 1 heterocycles. The van der Waals surface area contributed by atoms with Crippen molar-refractivity contribution >= 4 is 35.3 Å². The highest BCUT2D eigenvalue weighted by molar-refractivity contribution is 8.00. The van der Waals surface area contributed by atoms with Gasteiger partial charge in [-0.3, -0.25) is 0 Å². The van der Waals surface area contributed by atoms with E-state index in [9.17, 15) is 4.79 Å². The van der Waals surface area contributed by atoms with E-state index >= 15 is 0 Å². The molecule has 1 N–H and O–H groups in total. The lowest BCUT2D eigenvalue weighted by Crippen LogP contribution is -2.24. The summed E-state index contributed by atoms with van der Waals surface area (Å²) >= 11 is 2.64. The fourth-order valence-corrected chi connectivity index (χ4v) is 1.54. The molecule has 1 aromatic rings. The van der Waals surface area contributed by atoms with Crippen molar-refractivity contribution in [2.24, 2.45) is 0 Å². The summed E-state index contributed by atoms with van der Waals surface area (Å²) in [6, 6.07) is 0. The van der Waals surface area contributed by atoms with Crippen LogP contribution in [-0.2, 0) is 0 Å². The molecule has 0 saturated carbocycles. The second-order valence-electron chi connectivity index (χ2n) is 1.91. The molecule has 1 amide bonds. The zero-order valence-corrected chi connectivity index (χ0v) is 8.15. The number of rotatable bonds is 2. The maximum Gasteiger partial charge on any atom is 0.413 e. The summed E-state index contributed by atoms with van der Waals surface area (Å²) in [6.45, 7) is 0. The fourth-order valence-electron chi connectivity index (χ4n) is 0.507. The second kappa shape index (κ2) is 3.72. The SMILES string of the molecule is CSc1nc(N(C)C(=O)O)ns1. The monoisotopic (exact) mass is 205 g/mol. The topological polar surface area (TPSA) is 66.3 Å². The largest absolute Gasteiger partial charge is 0.465 e. The van der Waals surface area contributed by atoms with E-state index in [0.717, 1.165) is 9.24 Å². The number of anilines is 1. The Balaban J connectivity index is 2.81. The number of carboxylic acid groups (broad SMARTS) is 1. The Hall–Kier alpha value is -0.820. The summed E-state index contributed by atoms with van der Waals surface area (Å²) in [7, 11) is 1.41. The Morgan fingerprint density at radius 3 is 2.83 bits per heavy atom. The van der Waals surface area contributed by atoms with Gasteiger partial charge >= 0.3 is 6.09 Å². The number of carbonyl (C=O) groups is 1. The number of hydrogen-bond donors (Lipinski definition) is 1. The van der Waals surface area contributed by atoms with Gasteiger partial charge < -0.3 is 5.11 Å². The summed E-state index contributed by atoms with van der Waals surface area (Å²) < 4.78 is 4.63. The molecule has 1 rings (SSSR count). The van der Waals surface area contributed by atoms with Gasteiger partial charge in [0, 0.05) is 7.05 Å². The van der Waals surface area contributed by atoms with E-state index in [0.29, 0.717) is 0 Å². The minimum absolute atomic E-state index is 0.233. The molecule has 0 spiro atoms. The number of nitrogens with zero attached hydrogens (tertiary/aromatic N) is 3. The fraction of sp³-hybridized carbons (Fsp3) is 0.400. The van der Waals surface area contributed by atoms with Crippen LogP contribution in [0.15, 0.2) is 4.34 Å². The highest BCUT2D eigenvalue weighted by Gasteiger charge is 2.13. The molecule has 0 radical (unpaired) electrons. The quantitative estimate of drug-likeness (QED) is 0.739. The minimum atomic E-state index is -1.06. The van der Waals surface area contributed by atoms with E-state index in [1.807, 2.05) is 6.26 Å². The molecule has 5 nitrogen and oxygen atoms in total. The van der Waals surface area contributed by atoms with E-state index in [2.05, 4.69) is 9.36 Å². The average Bonchev–Trinajstić information content (AvgIpc) is 2.50. The Kier molecular flexibility index (Phi) is 2.88. The van der Waals surface area contributed by atoms with E-state index in [1.165, 1.54) is 30.3 Å². The van der Waals surface area contributed by atoms with Gasteiger partial charge in [0.15, 0.2) is 4.34 Å².